The van der Waals surface area contributed by atoms with Gasteiger partial charge in [-0.15, -0.1) is 12.4 Å². The van der Waals surface area contributed by atoms with Gasteiger partial charge >= 0.3 is 0 Å². The second-order valence-electron chi connectivity index (χ2n) is 6.12. The Balaban J connectivity index is 0.00000182. The van der Waals surface area contributed by atoms with Crippen molar-refractivity contribution in [3.05, 3.63) is 83.9 Å². The normalized spacial score (nSPS) is 12.0. The Morgan fingerprint density at radius 3 is 2.36 bits per heavy atom. The van der Waals surface area contributed by atoms with E-state index in [-0.39, 0.29) is 12.4 Å². The van der Waals surface area contributed by atoms with Gasteiger partial charge in [-0.05, 0) is 35.2 Å². The highest BCUT2D eigenvalue weighted by atomic mass is 35.5. The zero-order valence-electron chi connectivity index (χ0n) is 14.1. The van der Waals surface area contributed by atoms with E-state index >= 15 is 0 Å². The Labute approximate surface area is 155 Å². The molecular weight excluding hydrogens is 330 g/mol. The lowest BCUT2D eigenvalue weighted by atomic mass is 10.0. The molecule has 3 heteroatoms. The number of fused-ring (bicyclic) bond motifs is 1. The van der Waals surface area contributed by atoms with E-state index in [1.54, 1.807) is 0 Å². The van der Waals surface area contributed by atoms with Crippen LogP contribution >= 0.6 is 12.4 Å². The summed E-state index contributed by atoms with van der Waals surface area (Å²) in [6, 6.07) is 25.5. The molecule has 1 N–H and O–H groups in total. The zero-order chi connectivity index (χ0) is 16.2. The highest BCUT2D eigenvalue weighted by molar-refractivity contribution is 5.85. The van der Waals surface area contributed by atoms with Crippen molar-refractivity contribution in [3.8, 4) is 16.9 Å². The number of hydrogen-bond donors (Lipinski definition) is 1. The summed E-state index contributed by atoms with van der Waals surface area (Å²) in [6.07, 6.45) is 1.98. The van der Waals surface area contributed by atoms with Crippen molar-refractivity contribution in [1.82, 2.24) is 0 Å². The number of benzene rings is 3. The van der Waals surface area contributed by atoms with Gasteiger partial charge in [-0.25, -0.2) is 0 Å². The maximum absolute atomic E-state index is 6.03. The molecule has 0 bridgehead atoms. The van der Waals surface area contributed by atoms with Crippen LogP contribution < -0.4 is 10.1 Å². The molecule has 1 aliphatic heterocycles. The third-order valence-corrected chi connectivity index (χ3v) is 4.53. The molecule has 0 saturated carbocycles. The van der Waals surface area contributed by atoms with Crippen molar-refractivity contribution >= 4 is 18.1 Å². The lowest BCUT2D eigenvalue weighted by Crippen LogP contribution is -2.03. The summed E-state index contributed by atoms with van der Waals surface area (Å²) >= 11 is 0. The summed E-state index contributed by atoms with van der Waals surface area (Å²) in [4.78, 5) is 0. The minimum atomic E-state index is 0. The third-order valence-electron chi connectivity index (χ3n) is 4.53. The fourth-order valence-electron chi connectivity index (χ4n) is 3.22. The zero-order valence-corrected chi connectivity index (χ0v) is 14.9. The van der Waals surface area contributed by atoms with E-state index < -0.39 is 0 Å². The molecular formula is C22H22ClNO. The van der Waals surface area contributed by atoms with Gasteiger partial charge in [0, 0.05) is 24.2 Å². The highest BCUT2D eigenvalue weighted by Gasteiger charge is 2.14. The molecule has 128 valence electrons. The molecule has 3 aromatic rings. The number of nitrogens with one attached hydrogen (secondary N) is 1. The van der Waals surface area contributed by atoms with Gasteiger partial charge in [0.25, 0.3) is 0 Å². The van der Waals surface area contributed by atoms with Crippen molar-refractivity contribution < 1.29 is 4.74 Å². The standard InChI is InChI=1S/C22H21NO.ClH/c1-2-5-18(6-3-1)19-11-9-17(10-12-19)14-16-24-22-8-4-7-21-20(22)13-15-23-21;/h1-12,23H,13-16H2;1H. The van der Waals surface area contributed by atoms with Crippen LogP contribution in [0.15, 0.2) is 72.8 Å². The van der Waals surface area contributed by atoms with E-state index in [0.29, 0.717) is 6.61 Å². The van der Waals surface area contributed by atoms with Crippen LogP contribution in [0.1, 0.15) is 11.1 Å². The van der Waals surface area contributed by atoms with Crippen molar-refractivity contribution in [2.24, 2.45) is 0 Å². The van der Waals surface area contributed by atoms with E-state index in [2.05, 4.69) is 72.0 Å². The van der Waals surface area contributed by atoms with Crippen LogP contribution in [-0.2, 0) is 12.8 Å². The molecule has 0 unspecified atom stereocenters. The van der Waals surface area contributed by atoms with Crippen LogP contribution in [0.3, 0.4) is 0 Å². The topological polar surface area (TPSA) is 21.3 Å². The Morgan fingerprint density at radius 2 is 1.56 bits per heavy atom. The molecule has 2 nitrogen and oxygen atoms in total. The van der Waals surface area contributed by atoms with E-state index in [1.807, 2.05) is 6.07 Å². The Hall–Kier alpha value is -2.45. The van der Waals surface area contributed by atoms with Gasteiger partial charge in [-0.2, -0.15) is 0 Å². The fraction of sp³-hybridized carbons (Fsp3) is 0.182. The van der Waals surface area contributed by atoms with E-state index in [4.69, 9.17) is 4.74 Å². The molecule has 1 heterocycles. The van der Waals surface area contributed by atoms with Gasteiger partial charge < -0.3 is 10.1 Å². The van der Waals surface area contributed by atoms with Gasteiger partial charge in [0.05, 0.1) is 6.61 Å². The smallest absolute Gasteiger partial charge is 0.124 e. The molecule has 0 spiro atoms. The van der Waals surface area contributed by atoms with Gasteiger partial charge in [-0.1, -0.05) is 60.7 Å². The SMILES string of the molecule is Cl.c1ccc(-c2ccc(CCOc3cccc4c3CCN4)cc2)cc1. The highest BCUT2D eigenvalue weighted by Crippen LogP contribution is 2.31. The van der Waals surface area contributed by atoms with Crippen molar-refractivity contribution in [2.45, 2.75) is 12.8 Å². The molecule has 0 radical (unpaired) electrons. The summed E-state index contributed by atoms with van der Waals surface area (Å²) in [5, 5.41) is 3.39. The van der Waals surface area contributed by atoms with Crippen LogP contribution in [0.2, 0.25) is 0 Å². The quantitative estimate of drug-likeness (QED) is 0.667. The monoisotopic (exact) mass is 351 g/mol. The molecule has 0 amide bonds. The summed E-state index contributed by atoms with van der Waals surface area (Å²) in [6.45, 7) is 1.72. The van der Waals surface area contributed by atoms with E-state index in [1.165, 1.54) is 27.9 Å². The number of hydrogen-bond acceptors (Lipinski definition) is 2. The second kappa shape index (κ2) is 8.09. The van der Waals surface area contributed by atoms with Crippen molar-refractivity contribution in [2.75, 3.05) is 18.5 Å². The molecule has 0 fully saturated rings. The van der Waals surface area contributed by atoms with Gasteiger partial charge in [0.2, 0.25) is 0 Å². The first kappa shape index (κ1) is 17.4. The average Bonchev–Trinajstić information content (AvgIpc) is 3.13. The van der Waals surface area contributed by atoms with E-state index in [0.717, 1.165) is 25.1 Å². The summed E-state index contributed by atoms with van der Waals surface area (Å²) in [5.74, 6) is 1.03. The van der Waals surface area contributed by atoms with E-state index in [9.17, 15) is 0 Å². The molecule has 0 aliphatic carbocycles. The number of rotatable bonds is 5. The Kier molecular flexibility index (Phi) is 5.62. The third kappa shape index (κ3) is 3.97. The second-order valence-corrected chi connectivity index (χ2v) is 6.12. The van der Waals surface area contributed by atoms with Crippen LogP contribution in [0.25, 0.3) is 11.1 Å². The van der Waals surface area contributed by atoms with Gasteiger partial charge in [-0.3, -0.25) is 0 Å². The molecule has 4 rings (SSSR count). The molecule has 25 heavy (non-hydrogen) atoms. The molecule has 1 aliphatic rings. The number of anilines is 1. The van der Waals surface area contributed by atoms with Crippen LogP contribution in [-0.4, -0.2) is 13.2 Å². The Morgan fingerprint density at radius 1 is 0.800 bits per heavy atom. The largest absolute Gasteiger partial charge is 0.493 e. The predicted octanol–water partition coefficient (Wildman–Crippen LogP) is 5.36. The first-order chi connectivity index (χ1) is 11.9. The van der Waals surface area contributed by atoms with Crippen LogP contribution in [0.4, 0.5) is 5.69 Å². The lowest BCUT2D eigenvalue weighted by molar-refractivity contribution is 0.319. The lowest BCUT2D eigenvalue weighted by Gasteiger charge is -2.10. The number of halogens is 1. The van der Waals surface area contributed by atoms with Gasteiger partial charge in [0.1, 0.15) is 5.75 Å². The summed E-state index contributed by atoms with van der Waals surface area (Å²) in [7, 11) is 0. The molecule has 0 aromatic heterocycles. The fourth-order valence-corrected chi connectivity index (χ4v) is 3.22. The number of ether oxygens (including phenoxy) is 1. The average molecular weight is 352 g/mol. The first-order valence-corrected chi connectivity index (χ1v) is 8.53. The van der Waals surface area contributed by atoms with Crippen molar-refractivity contribution in [3.63, 3.8) is 0 Å². The summed E-state index contributed by atoms with van der Waals surface area (Å²) in [5.41, 5.74) is 6.36. The summed E-state index contributed by atoms with van der Waals surface area (Å²) < 4.78 is 6.03. The van der Waals surface area contributed by atoms with Crippen LogP contribution in [0, 0.1) is 0 Å². The molecule has 0 saturated heterocycles. The molecule has 0 atom stereocenters. The maximum atomic E-state index is 6.03. The maximum Gasteiger partial charge on any atom is 0.124 e. The first-order valence-electron chi connectivity index (χ1n) is 8.53. The minimum absolute atomic E-state index is 0. The minimum Gasteiger partial charge on any atom is -0.493 e. The molecule has 3 aromatic carbocycles. The van der Waals surface area contributed by atoms with Gasteiger partial charge in [0.15, 0.2) is 0 Å². The van der Waals surface area contributed by atoms with Crippen molar-refractivity contribution in [1.29, 1.82) is 0 Å². The predicted molar refractivity (Wildman–Crippen MR) is 107 cm³/mol. The van der Waals surface area contributed by atoms with Crippen LogP contribution in [0.5, 0.6) is 5.75 Å². The Bertz CT molecular complexity index is 815.